The Kier molecular flexibility index (Phi) is 102. The van der Waals surface area contributed by atoms with Crippen LogP contribution in [-0.4, -0.2) is 265 Å². The maximum Gasteiger partial charge on any atom is 0.303 e. The summed E-state index contributed by atoms with van der Waals surface area (Å²) in [5, 5.41) is 185. The predicted octanol–water partition coefficient (Wildman–Crippen LogP) is -5.25. The summed E-state index contributed by atoms with van der Waals surface area (Å²) < 4.78 is 0. The second kappa shape index (κ2) is 80.2. The van der Waals surface area contributed by atoms with E-state index in [2.05, 4.69) is 13.8 Å². The van der Waals surface area contributed by atoms with Crippen LogP contribution in [0.3, 0.4) is 0 Å². The van der Waals surface area contributed by atoms with Gasteiger partial charge in [-0.15, -0.1) is 0 Å². The Morgan fingerprint density at radius 2 is 0.379 bits per heavy atom. The van der Waals surface area contributed by atoms with E-state index >= 15 is 0 Å². The maximum atomic E-state index is 10.1. The molecule has 23 N–H and O–H groups in total. The molecule has 0 atom stereocenters. The van der Waals surface area contributed by atoms with Crippen LogP contribution in [0.4, 0.5) is 0 Å². The third-order valence-corrected chi connectivity index (χ3v) is 6.94. The van der Waals surface area contributed by atoms with E-state index < -0.39 is 54.7 Å². The number of hydrogen-bond donors (Lipinski definition) is 23. The Hall–Kier alpha value is -1.90. The molecule has 25 nitrogen and oxygen atoms in total. The molecule has 0 saturated heterocycles. The van der Waals surface area contributed by atoms with Crippen molar-refractivity contribution in [1.82, 2.24) is 0 Å². The van der Waals surface area contributed by atoms with Crippen LogP contribution < -0.4 is 0 Å². The minimum absolute atomic E-state index is 0.341. The van der Waals surface area contributed by atoms with Crippen molar-refractivity contribution in [1.29, 1.82) is 0 Å². The van der Waals surface area contributed by atoms with Crippen LogP contribution in [0.15, 0.2) is 0 Å². The number of carboxylic acids is 2. The van der Waals surface area contributed by atoms with Crippen LogP contribution in [0, 0.1) is 0 Å². The first-order chi connectivity index (χ1) is 31.2. The topological polar surface area (TPSA) is 499 Å². The number of carboxylic acid groups (broad SMARTS) is 2. The van der Waals surface area contributed by atoms with E-state index in [0.29, 0.717) is 12.8 Å². The van der Waals surface area contributed by atoms with Crippen LogP contribution >= 0.6 is 0 Å². The number of aliphatic hydroxyl groups excluding tert-OH is 21. The quantitative estimate of drug-likeness (QED) is 0.0299. The molecule has 0 aromatic rings. The minimum Gasteiger partial charge on any atom is -0.481 e. The van der Waals surface area contributed by atoms with Gasteiger partial charge in [-0.3, -0.25) is 9.59 Å². The summed E-state index contributed by atoms with van der Waals surface area (Å²) in [6.45, 7) is -0.706. The van der Waals surface area contributed by atoms with Crippen LogP contribution in [0.1, 0.15) is 117 Å². The predicted molar refractivity (Wildman–Crippen MR) is 242 cm³/mol. The number of carbonyl (C=O) groups is 2. The smallest absolute Gasteiger partial charge is 0.303 e. The molecule has 0 aromatic carbocycles. The molecular formula is C41H96O25. The fourth-order valence-corrected chi connectivity index (χ4v) is 2.87. The van der Waals surface area contributed by atoms with E-state index in [1.54, 1.807) is 0 Å². The third kappa shape index (κ3) is 119. The van der Waals surface area contributed by atoms with Gasteiger partial charge < -0.3 is 117 Å². The highest BCUT2D eigenvalue weighted by atomic mass is 16.4. The molecule has 0 unspecified atom stereocenters. The van der Waals surface area contributed by atoms with Gasteiger partial charge in [0.15, 0.2) is 0 Å². The summed E-state index contributed by atoms with van der Waals surface area (Å²) in [5.41, 5.74) is 0. The van der Waals surface area contributed by atoms with Crippen molar-refractivity contribution in [3.63, 3.8) is 0 Å². The SMILES string of the molecule is CCCCCCCCCC(=O)O.CCCCCCCCCC(=O)O.OCC(O)CO.OCC(O)CO.OCC(O)CO.OCC(O)CO.OCC(O)CO.OCC(O)CO.OCC(O)CO. The molecule has 410 valence electrons. The number of unbranched alkanes of at least 4 members (excludes halogenated alkanes) is 12. The lowest BCUT2D eigenvalue weighted by Gasteiger charge is -1.98. The first kappa shape index (κ1) is 84.1. The largest absolute Gasteiger partial charge is 0.481 e. The van der Waals surface area contributed by atoms with Crippen molar-refractivity contribution >= 4 is 11.9 Å². The van der Waals surface area contributed by atoms with E-state index in [4.69, 9.17) is 117 Å². The lowest BCUT2D eigenvalue weighted by Crippen LogP contribution is -2.15. The highest BCUT2D eigenvalue weighted by Gasteiger charge is 1.99. The molecule has 0 rings (SSSR count). The maximum absolute atomic E-state index is 10.1. The molecule has 0 aliphatic heterocycles. The Bertz CT molecular complexity index is 654. The lowest BCUT2D eigenvalue weighted by atomic mass is 10.1. The van der Waals surface area contributed by atoms with Crippen LogP contribution in [0.25, 0.3) is 0 Å². The van der Waals surface area contributed by atoms with Gasteiger partial charge in [-0.25, -0.2) is 0 Å². The normalized spacial score (nSPS) is 10.0. The fourth-order valence-electron chi connectivity index (χ4n) is 2.87. The molecule has 0 spiro atoms. The highest BCUT2D eigenvalue weighted by molar-refractivity contribution is 5.66. The number of hydrogen-bond acceptors (Lipinski definition) is 23. The van der Waals surface area contributed by atoms with Crippen molar-refractivity contribution in [2.75, 3.05) is 92.5 Å². The van der Waals surface area contributed by atoms with Crippen LogP contribution in [0.2, 0.25) is 0 Å². The highest BCUT2D eigenvalue weighted by Crippen LogP contribution is 2.09. The summed E-state index contributed by atoms with van der Waals surface area (Å²) in [6.07, 6.45) is 10.6. The van der Waals surface area contributed by atoms with E-state index in [9.17, 15) is 9.59 Å². The second-order valence-corrected chi connectivity index (χ2v) is 13.7. The zero-order valence-corrected chi connectivity index (χ0v) is 39.4. The van der Waals surface area contributed by atoms with Crippen molar-refractivity contribution < 1.29 is 127 Å². The molecule has 0 bridgehead atoms. The molecule has 0 aliphatic carbocycles. The Morgan fingerprint density at radius 1 is 0.258 bits per heavy atom. The molecule has 0 radical (unpaired) electrons. The van der Waals surface area contributed by atoms with Crippen molar-refractivity contribution in [3.05, 3.63) is 0 Å². The summed E-state index contributed by atoms with van der Waals surface area (Å²) in [5.74, 6) is -1.33. The first-order valence-corrected chi connectivity index (χ1v) is 21.9. The number of aliphatic hydroxyl groups is 21. The summed E-state index contributed by atoms with van der Waals surface area (Å²) in [7, 11) is 0. The van der Waals surface area contributed by atoms with Gasteiger partial charge in [-0.05, 0) is 12.8 Å². The van der Waals surface area contributed by atoms with Crippen molar-refractivity contribution in [3.8, 4) is 0 Å². The Morgan fingerprint density at radius 3 is 0.470 bits per heavy atom. The van der Waals surface area contributed by atoms with E-state index in [1.165, 1.54) is 64.2 Å². The zero-order valence-electron chi connectivity index (χ0n) is 39.4. The minimum atomic E-state index is -0.954. The van der Waals surface area contributed by atoms with E-state index in [-0.39, 0.29) is 92.5 Å². The van der Waals surface area contributed by atoms with Crippen LogP contribution in [0.5, 0.6) is 0 Å². The molecular weight excluding hydrogens is 892 g/mol. The van der Waals surface area contributed by atoms with Gasteiger partial charge in [0.05, 0.1) is 92.5 Å². The average Bonchev–Trinajstić information content (AvgIpc) is 3.35. The molecule has 0 amide bonds. The average molecular weight is 989 g/mol. The summed E-state index contributed by atoms with van der Waals surface area (Å²) >= 11 is 0. The fraction of sp³-hybridized carbons (Fsp3) is 0.951. The van der Waals surface area contributed by atoms with E-state index in [1.807, 2.05) is 0 Å². The Labute approximate surface area is 390 Å². The molecule has 0 heterocycles. The lowest BCUT2D eigenvalue weighted by molar-refractivity contribution is -0.138. The summed E-state index contributed by atoms with van der Waals surface area (Å²) in [6, 6.07) is 0. The first-order valence-electron chi connectivity index (χ1n) is 21.9. The van der Waals surface area contributed by atoms with Gasteiger partial charge in [0, 0.05) is 12.8 Å². The molecule has 25 heteroatoms. The van der Waals surface area contributed by atoms with Gasteiger partial charge >= 0.3 is 11.9 Å². The van der Waals surface area contributed by atoms with Crippen molar-refractivity contribution in [2.45, 2.75) is 159 Å². The van der Waals surface area contributed by atoms with Gasteiger partial charge in [-0.1, -0.05) is 90.9 Å². The third-order valence-electron chi connectivity index (χ3n) is 6.94. The standard InChI is InChI=1S/2C10H20O2.7C3H8O3/c2*1-2-3-4-5-6-7-8-9-10(11)12;7*4-1-3(6)2-5/h2*2-9H2,1H3,(H,11,12);7*3-6H,1-2H2. The van der Waals surface area contributed by atoms with Gasteiger partial charge in [-0.2, -0.15) is 0 Å². The summed E-state index contributed by atoms with van der Waals surface area (Å²) in [4.78, 5) is 20.3. The van der Waals surface area contributed by atoms with Crippen LogP contribution in [-0.2, 0) is 9.59 Å². The Balaban J connectivity index is -0.0000000807. The molecule has 0 aromatic heterocycles. The number of rotatable bonds is 30. The molecule has 0 fully saturated rings. The molecule has 66 heavy (non-hydrogen) atoms. The van der Waals surface area contributed by atoms with Crippen molar-refractivity contribution in [2.24, 2.45) is 0 Å². The van der Waals surface area contributed by atoms with Gasteiger partial charge in [0.1, 0.15) is 42.7 Å². The number of aliphatic carboxylic acids is 2. The monoisotopic (exact) mass is 989 g/mol. The van der Waals surface area contributed by atoms with Gasteiger partial charge in [0.2, 0.25) is 0 Å². The van der Waals surface area contributed by atoms with Gasteiger partial charge in [0.25, 0.3) is 0 Å². The van der Waals surface area contributed by atoms with E-state index in [0.717, 1.165) is 25.7 Å². The molecule has 0 saturated carbocycles. The second-order valence-electron chi connectivity index (χ2n) is 13.7. The zero-order chi connectivity index (χ0) is 53.4. The molecule has 0 aliphatic rings.